The summed E-state index contributed by atoms with van der Waals surface area (Å²) in [7, 11) is 3.63. The summed E-state index contributed by atoms with van der Waals surface area (Å²) in [6, 6.07) is 0. The number of aryl methyl sites for hydroxylation is 1. The lowest BCUT2D eigenvalue weighted by Gasteiger charge is -2.05. The molecule has 3 aromatic heterocycles. The van der Waals surface area contributed by atoms with Crippen LogP contribution in [0.3, 0.4) is 0 Å². The second kappa shape index (κ2) is 6.56. The van der Waals surface area contributed by atoms with Crippen LogP contribution in [0, 0.1) is 0 Å². The SMILES string of the molecule is COCCNCc1c(Sc2nncn2C)nc2sccn12. The third-order valence-electron chi connectivity index (χ3n) is 2.96. The molecule has 0 radical (unpaired) electrons. The number of hydrogen-bond donors (Lipinski definition) is 1. The zero-order valence-electron chi connectivity index (χ0n) is 11.8. The summed E-state index contributed by atoms with van der Waals surface area (Å²) in [5.41, 5.74) is 1.13. The lowest BCUT2D eigenvalue weighted by atomic mass is 10.4. The predicted octanol–water partition coefficient (Wildman–Crippen LogP) is 1.41. The van der Waals surface area contributed by atoms with Crippen molar-refractivity contribution in [3.63, 3.8) is 0 Å². The summed E-state index contributed by atoms with van der Waals surface area (Å²) in [5, 5.41) is 15.2. The van der Waals surface area contributed by atoms with Gasteiger partial charge in [-0.25, -0.2) is 4.98 Å². The number of nitrogens with zero attached hydrogens (tertiary/aromatic N) is 5. The molecule has 7 nitrogen and oxygen atoms in total. The lowest BCUT2D eigenvalue weighted by molar-refractivity contribution is 0.199. The molecule has 3 aromatic rings. The van der Waals surface area contributed by atoms with Gasteiger partial charge in [-0.3, -0.25) is 4.40 Å². The van der Waals surface area contributed by atoms with Crippen LogP contribution >= 0.6 is 23.1 Å². The number of nitrogens with one attached hydrogen (secondary N) is 1. The Bertz CT molecular complexity index is 718. The Labute approximate surface area is 130 Å². The first-order chi connectivity index (χ1) is 10.3. The Hall–Kier alpha value is -1.42. The summed E-state index contributed by atoms with van der Waals surface area (Å²) in [4.78, 5) is 5.67. The average molecular weight is 324 g/mol. The quantitative estimate of drug-likeness (QED) is 0.663. The maximum absolute atomic E-state index is 5.06. The molecular formula is C12H16N6OS2. The monoisotopic (exact) mass is 324 g/mol. The molecule has 0 aliphatic heterocycles. The minimum absolute atomic E-state index is 0.692. The van der Waals surface area contributed by atoms with Crippen LogP contribution in [0.5, 0.6) is 0 Å². The Morgan fingerprint density at radius 3 is 3.14 bits per heavy atom. The number of imidazole rings is 1. The van der Waals surface area contributed by atoms with Gasteiger partial charge in [0.1, 0.15) is 11.4 Å². The molecule has 21 heavy (non-hydrogen) atoms. The molecule has 0 saturated heterocycles. The van der Waals surface area contributed by atoms with E-state index >= 15 is 0 Å². The smallest absolute Gasteiger partial charge is 0.197 e. The first-order valence-electron chi connectivity index (χ1n) is 6.45. The fourth-order valence-electron chi connectivity index (χ4n) is 1.89. The Morgan fingerprint density at radius 2 is 2.38 bits per heavy atom. The molecule has 0 bridgehead atoms. The van der Waals surface area contributed by atoms with Gasteiger partial charge in [0, 0.05) is 38.8 Å². The van der Waals surface area contributed by atoms with Crippen molar-refractivity contribution in [2.75, 3.05) is 20.3 Å². The van der Waals surface area contributed by atoms with Crippen molar-refractivity contribution in [2.24, 2.45) is 7.05 Å². The standard InChI is InChI=1S/C12H16N6OS2/c1-17-8-14-16-12(17)21-10-9(7-13-3-5-19-2)18-4-6-20-11(18)15-10/h4,6,8,13H,3,5,7H2,1-2H3. The van der Waals surface area contributed by atoms with Gasteiger partial charge in [-0.15, -0.1) is 21.5 Å². The summed E-state index contributed by atoms with van der Waals surface area (Å²) in [6.07, 6.45) is 3.73. The minimum Gasteiger partial charge on any atom is -0.383 e. The molecule has 0 aromatic carbocycles. The summed E-state index contributed by atoms with van der Waals surface area (Å²) in [6.45, 7) is 2.24. The molecule has 0 aliphatic carbocycles. The van der Waals surface area contributed by atoms with E-state index in [2.05, 4.69) is 24.9 Å². The molecule has 0 amide bonds. The highest BCUT2D eigenvalue weighted by Gasteiger charge is 2.16. The van der Waals surface area contributed by atoms with Crippen molar-refractivity contribution in [1.82, 2.24) is 29.5 Å². The highest BCUT2D eigenvalue weighted by atomic mass is 32.2. The Kier molecular flexibility index (Phi) is 4.54. The van der Waals surface area contributed by atoms with E-state index < -0.39 is 0 Å². The van der Waals surface area contributed by atoms with Gasteiger partial charge in [-0.2, -0.15) is 0 Å². The fourth-order valence-corrected chi connectivity index (χ4v) is 3.55. The van der Waals surface area contributed by atoms with Gasteiger partial charge in [-0.05, 0) is 11.8 Å². The molecule has 0 atom stereocenters. The molecule has 112 valence electrons. The van der Waals surface area contributed by atoms with Crippen molar-refractivity contribution in [2.45, 2.75) is 16.7 Å². The molecule has 1 N–H and O–H groups in total. The molecule has 3 rings (SSSR count). The average Bonchev–Trinajstić information content (AvgIpc) is 3.14. The fraction of sp³-hybridized carbons (Fsp3) is 0.417. The van der Waals surface area contributed by atoms with E-state index in [1.807, 2.05) is 23.2 Å². The van der Waals surface area contributed by atoms with E-state index in [0.29, 0.717) is 6.61 Å². The van der Waals surface area contributed by atoms with Crippen LogP contribution in [0.2, 0.25) is 0 Å². The molecule has 0 saturated carbocycles. The van der Waals surface area contributed by atoms with Crippen LogP contribution in [0.1, 0.15) is 5.69 Å². The molecule has 9 heteroatoms. The highest BCUT2D eigenvalue weighted by molar-refractivity contribution is 7.99. The topological polar surface area (TPSA) is 69.3 Å². The number of rotatable bonds is 7. The third-order valence-corrected chi connectivity index (χ3v) is 4.79. The second-order valence-electron chi connectivity index (χ2n) is 4.42. The molecule has 0 aliphatic rings. The zero-order chi connectivity index (χ0) is 14.7. The zero-order valence-corrected chi connectivity index (χ0v) is 13.4. The second-order valence-corrected chi connectivity index (χ2v) is 6.24. The van der Waals surface area contributed by atoms with E-state index in [-0.39, 0.29) is 0 Å². The number of methoxy groups -OCH3 is 1. The molecule has 3 heterocycles. The predicted molar refractivity (Wildman–Crippen MR) is 81.8 cm³/mol. The lowest BCUT2D eigenvalue weighted by Crippen LogP contribution is -2.19. The van der Waals surface area contributed by atoms with Gasteiger partial charge in [0.2, 0.25) is 0 Å². The summed E-state index contributed by atoms with van der Waals surface area (Å²) in [5.74, 6) is 0. The van der Waals surface area contributed by atoms with Gasteiger partial charge in [-0.1, -0.05) is 0 Å². The molecule has 0 fully saturated rings. The third kappa shape index (κ3) is 3.10. The van der Waals surface area contributed by atoms with E-state index in [9.17, 15) is 0 Å². The number of aromatic nitrogens is 5. The van der Waals surface area contributed by atoms with Crippen LogP contribution in [0.25, 0.3) is 4.96 Å². The largest absolute Gasteiger partial charge is 0.383 e. The first kappa shape index (κ1) is 14.5. The van der Waals surface area contributed by atoms with E-state index in [1.165, 1.54) is 11.8 Å². The van der Waals surface area contributed by atoms with E-state index in [1.54, 1.807) is 24.8 Å². The highest BCUT2D eigenvalue weighted by Crippen LogP contribution is 2.30. The maximum atomic E-state index is 5.06. The van der Waals surface area contributed by atoms with Gasteiger partial charge in [0.15, 0.2) is 10.1 Å². The van der Waals surface area contributed by atoms with Crippen molar-refractivity contribution in [1.29, 1.82) is 0 Å². The van der Waals surface area contributed by atoms with Crippen LogP contribution in [-0.4, -0.2) is 44.4 Å². The van der Waals surface area contributed by atoms with Crippen molar-refractivity contribution < 1.29 is 4.74 Å². The van der Waals surface area contributed by atoms with Gasteiger partial charge in [0.05, 0.1) is 12.3 Å². The van der Waals surface area contributed by atoms with Crippen molar-refractivity contribution in [3.05, 3.63) is 23.6 Å². The van der Waals surface area contributed by atoms with Crippen molar-refractivity contribution in [3.8, 4) is 0 Å². The van der Waals surface area contributed by atoms with E-state index in [4.69, 9.17) is 4.74 Å². The van der Waals surface area contributed by atoms with Crippen LogP contribution < -0.4 is 5.32 Å². The Balaban J connectivity index is 1.83. The normalized spacial score (nSPS) is 11.5. The molecule has 0 unspecified atom stereocenters. The molecular weight excluding hydrogens is 308 g/mol. The van der Waals surface area contributed by atoms with Gasteiger partial charge >= 0.3 is 0 Å². The van der Waals surface area contributed by atoms with Crippen LogP contribution in [-0.2, 0) is 18.3 Å². The minimum atomic E-state index is 0.692. The summed E-state index contributed by atoms with van der Waals surface area (Å²) >= 11 is 3.16. The number of fused-ring (bicyclic) bond motifs is 1. The van der Waals surface area contributed by atoms with Gasteiger partial charge < -0.3 is 14.6 Å². The number of thiazole rings is 1. The van der Waals surface area contributed by atoms with Crippen molar-refractivity contribution >= 4 is 28.1 Å². The van der Waals surface area contributed by atoms with Crippen LogP contribution in [0.15, 0.2) is 28.1 Å². The summed E-state index contributed by atoms with van der Waals surface area (Å²) < 4.78 is 9.06. The number of ether oxygens (including phenoxy) is 1. The maximum Gasteiger partial charge on any atom is 0.197 e. The Morgan fingerprint density at radius 1 is 1.48 bits per heavy atom. The van der Waals surface area contributed by atoms with Gasteiger partial charge in [0.25, 0.3) is 0 Å². The van der Waals surface area contributed by atoms with Crippen LogP contribution in [0.4, 0.5) is 0 Å². The number of hydrogen-bond acceptors (Lipinski definition) is 7. The van der Waals surface area contributed by atoms with E-state index in [0.717, 1.165) is 33.9 Å². The molecule has 0 spiro atoms. The first-order valence-corrected chi connectivity index (χ1v) is 8.15.